The van der Waals surface area contributed by atoms with Crippen LogP contribution in [0.4, 0.5) is 4.20 Å². The van der Waals surface area contributed by atoms with E-state index in [9.17, 15) is 4.57 Å². The molecular weight excluding hydrogens is 640 g/mol. The first kappa shape index (κ1) is 22.6. The van der Waals surface area contributed by atoms with Crippen molar-refractivity contribution in [3.63, 3.8) is 0 Å². The van der Waals surface area contributed by atoms with E-state index in [1.165, 1.54) is 0 Å². The molecule has 0 bridgehead atoms. The van der Waals surface area contributed by atoms with E-state index in [1.807, 2.05) is 121 Å². The average Bonchev–Trinajstić information content (AvgIpc) is 2.83. The predicted molar refractivity (Wildman–Crippen MR) is 139 cm³/mol. The normalized spacial score (nSPS) is 12.3. The Morgan fingerprint density at radius 1 is 0.484 bits per heavy atom. The van der Waals surface area contributed by atoms with Crippen molar-refractivity contribution < 1.29 is 14.5 Å². The SMILES string of the molecule is O=P(F)(OI(c1ccccc1)c1ccccc1)OI(c1ccccc1)c1ccccc1. The van der Waals surface area contributed by atoms with Crippen molar-refractivity contribution in [2.45, 2.75) is 0 Å². The second kappa shape index (κ2) is 10.8. The Balaban J connectivity index is 1.66. The third-order valence-corrected chi connectivity index (χ3v) is 17.2. The van der Waals surface area contributed by atoms with E-state index < -0.39 is 48.4 Å². The van der Waals surface area contributed by atoms with Gasteiger partial charge < -0.3 is 0 Å². The van der Waals surface area contributed by atoms with Crippen LogP contribution in [-0.2, 0) is 10.3 Å². The van der Waals surface area contributed by atoms with Gasteiger partial charge in [0.05, 0.1) is 0 Å². The summed E-state index contributed by atoms with van der Waals surface area (Å²) in [6.07, 6.45) is 0. The van der Waals surface area contributed by atoms with Gasteiger partial charge in [0.1, 0.15) is 0 Å². The first-order valence-corrected chi connectivity index (χ1v) is 16.9. The van der Waals surface area contributed by atoms with Crippen molar-refractivity contribution in [3.8, 4) is 0 Å². The molecule has 4 rings (SSSR count). The molecule has 0 heterocycles. The van der Waals surface area contributed by atoms with E-state index in [0.717, 1.165) is 14.3 Å². The van der Waals surface area contributed by atoms with Crippen LogP contribution in [-0.4, -0.2) is 0 Å². The molecule has 0 amide bonds. The van der Waals surface area contributed by atoms with E-state index in [-0.39, 0.29) is 0 Å². The maximum atomic E-state index is 15.5. The summed E-state index contributed by atoms with van der Waals surface area (Å²) in [5, 5.41) is 0. The number of hydrogen-bond acceptors (Lipinski definition) is 3. The van der Waals surface area contributed by atoms with Crippen LogP contribution in [0.2, 0.25) is 0 Å². The van der Waals surface area contributed by atoms with Gasteiger partial charge in [-0.05, 0) is 0 Å². The second-order valence-corrected chi connectivity index (χ2v) is 17.6. The first-order chi connectivity index (χ1) is 15.1. The van der Waals surface area contributed by atoms with Gasteiger partial charge >= 0.3 is 198 Å². The zero-order valence-electron chi connectivity index (χ0n) is 16.4. The van der Waals surface area contributed by atoms with Gasteiger partial charge in [0, 0.05) is 0 Å². The van der Waals surface area contributed by atoms with E-state index in [4.69, 9.17) is 5.71 Å². The molecule has 0 saturated carbocycles. The monoisotopic (exact) mass is 660 g/mol. The number of rotatable bonds is 8. The van der Waals surface area contributed by atoms with Crippen LogP contribution in [0.3, 0.4) is 0 Å². The van der Waals surface area contributed by atoms with E-state index in [2.05, 4.69) is 0 Å². The van der Waals surface area contributed by atoms with Crippen LogP contribution in [0.1, 0.15) is 0 Å². The summed E-state index contributed by atoms with van der Waals surface area (Å²) >= 11 is -5.56. The van der Waals surface area contributed by atoms with Gasteiger partial charge in [-0.1, -0.05) is 0 Å². The van der Waals surface area contributed by atoms with Gasteiger partial charge in [0.15, 0.2) is 0 Å². The van der Waals surface area contributed by atoms with Crippen LogP contribution in [0.5, 0.6) is 0 Å². The first-order valence-electron chi connectivity index (χ1n) is 9.42. The fourth-order valence-electron chi connectivity index (χ4n) is 2.70. The van der Waals surface area contributed by atoms with Gasteiger partial charge in [-0.25, -0.2) is 0 Å². The molecule has 0 spiro atoms. The van der Waals surface area contributed by atoms with Gasteiger partial charge in [-0.15, -0.1) is 0 Å². The standard InChI is InChI=1S/C24H20FI2O3P/c25-31(28,29-26(21-13-5-1-6-14-21)22-15-7-2-8-16-22)30-27(23-17-9-3-10-18-23)24-19-11-4-12-20-24/h1-20H. The van der Waals surface area contributed by atoms with Crippen molar-refractivity contribution in [2.75, 3.05) is 0 Å². The van der Waals surface area contributed by atoms with Gasteiger partial charge in [-0.2, -0.15) is 0 Å². The number of benzene rings is 4. The molecule has 0 aromatic heterocycles. The zero-order valence-corrected chi connectivity index (χ0v) is 21.6. The molecule has 7 heteroatoms. The Bertz CT molecular complexity index is 965. The molecule has 0 fully saturated rings. The Morgan fingerprint density at radius 3 is 0.935 bits per heavy atom. The molecule has 0 aliphatic carbocycles. The number of hydrogen-bond donors (Lipinski definition) is 0. The Kier molecular flexibility index (Phi) is 7.90. The summed E-state index contributed by atoms with van der Waals surface area (Å²) in [5.74, 6) is 0. The van der Waals surface area contributed by atoms with E-state index >= 15 is 4.20 Å². The van der Waals surface area contributed by atoms with Crippen molar-refractivity contribution >= 4 is 48.4 Å². The van der Waals surface area contributed by atoms with Crippen molar-refractivity contribution in [3.05, 3.63) is 136 Å². The molecule has 0 aliphatic rings. The minimum absolute atomic E-state index is 0.860. The third-order valence-electron chi connectivity index (χ3n) is 4.03. The van der Waals surface area contributed by atoms with Gasteiger partial charge in [0.2, 0.25) is 0 Å². The predicted octanol–water partition coefficient (Wildman–Crippen LogP) is 8.42. The summed E-state index contributed by atoms with van der Waals surface area (Å²) in [6, 6.07) is 37.7. The van der Waals surface area contributed by atoms with Crippen molar-refractivity contribution in [2.24, 2.45) is 0 Å². The molecule has 3 nitrogen and oxygen atoms in total. The van der Waals surface area contributed by atoms with Crippen LogP contribution in [0.15, 0.2) is 121 Å². The molecule has 0 N–H and O–H groups in total. The summed E-state index contributed by atoms with van der Waals surface area (Å²) in [4.78, 5) is 0. The fraction of sp³-hybridized carbons (Fsp3) is 0. The number of halogens is 3. The summed E-state index contributed by atoms with van der Waals surface area (Å²) in [5.41, 5.74) is 0. The summed E-state index contributed by atoms with van der Waals surface area (Å²) < 4.78 is 43.6. The van der Waals surface area contributed by atoms with Gasteiger partial charge in [-0.3, -0.25) is 0 Å². The van der Waals surface area contributed by atoms with Gasteiger partial charge in [0.25, 0.3) is 0 Å². The molecular formula is C24H20FI2O3P. The summed E-state index contributed by atoms with van der Waals surface area (Å²) in [7, 11) is -4.83. The Morgan fingerprint density at radius 2 is 0.710 bits per heavy atom. The topological polar surface area (TPSA) is 35.5 Å². The Labute approximate surface area is 197 Å². The second-order valence-electron chi connectivity index (χ2n) is 6.25. The molecule has 4 aromatic rings. The molecule has 160 valence electrons. The fourth-order valence-corrected chi connectivity index (χ4v) is 16.0. The molecule has 0 atom stereocenters. The summed E-state index contributed by atoms with van der Waals surface area (Å²) in [6.45, 7) is 0. The minimum atomic E-state index is -4.83. The molecule has 0 saturated heterocycles. The molecule has 4 aromatic carbocycles. The van der Waals surface area contributed by atoms with Crippen LogP contribution in [0, 0.1) is 14.3 Å². The Hall–Kier alpha value is -1.58. The third kappa shape index (κ3) is 6.23. The van der Waals surface area contributed by atoms with E-state index in [1.54, 1.807) is 0 Å². The average molecular weight is 660 g/mol. The zero-order chi connectivity index (χ0) is 21.5. The quantitative estimate of drug-likeness (QED) is 0.141. The molecule has 0 aliphatic heterocycles. The molecule has 31 heavy (non-hydrogen) atoms. The van der Waals surface area contributed by atoms with Crippen molar-refractivity contribution in [1.82, 2.24) is 0 Å². The maximum absolute atomic E-state index is 15.5. The molecule has 0 radical (unpaired) electrons. The van der Waals surface area contributed by atoms with E-state index in [0.29, 0.717) is 0 Å². The van der Waals surface area contributed by atoms with Crippen LogP contribution in [0.25, 0.3) is 0 Å². The molecule has 0 unspecified atom stereocenters. The van der Waals surface area contributed by atoms with Crippen LogP contribution >= 0.6 is 48.4 Å². The van der Waals surface area contributed by atoms with Crippen LogP contribution < -0.4 is 0 Å². The van der Waals surface area contributed by atoms with Crippen molar-refractivity contribution in [1.29, 1.82) is 0 Å².